The number of anilines is 1. The van der Waals surface area contributed by atoms with Crippen LogP contribution in [0.4, 0.5) is 10.6 Å². The van der Waals surface area contributed by atoms with Crippen molar-refractivity contribution in [2.75, 3.05) is 19.4 Å². The van der Waals surface area contributed by atoms with Crippen LogP contribution < -0.4 is 21.1 Å². The zero-order valence-electron chi connectivity index (χ0n) is 15.9. The van der Waals surface area contributed by atoms with Gasteiger partial charge in [0.1, 0.15) is 22.8 Å². The van der Waals surface area contributed by atoms with Gasteiger partial charge in [-0.3, -0.25) is 14.9 Å². The number of pyridine rings is 1. The fourth-order valence-corrected chi connectivity index (χ4v) is 3.89. The molecule has 2 aromatic heterocycles. The Morgan fingerprint density at radius 2 is 2.07 bits per heavy atom. The predicted molar refractivity (Wildman–Crippen MR) is 105 cm³/mol. The summed E-state index contributed by atoms with van der Waals surface area (Å²) in [4.78, 5) is 43.6. The van der Waals surface area contributed by atoms with Crippen LogP contribution in [0.25, 0.3) is 11.1 Å². The number of aromatic nitrogens is 1. The van der Waals surface area contributed by atoms with Gasteiger partial charge in [-0.25, -0.2) is 9.78 Å². The highest BCUT2D eigenvalue weighted by atomic mass is 16.5. The van der Waals surface area contributed by atoms with Crippen LogP contribution in [-0.4, -0.2) is 41.4 Å². The number of hydrogen-bond donors (Lipinski definition) is 3. The molecule has 0 unspecified atom stereocenters. The third-order valence-corrected chi connectivity index (χ3v) is 5.38. The van der Waals surface area contributed by atoms with E-state index in [2.05, 4.69) is 15.6 Å². The van der Waals surface area contributed by atoms with E-state index < -0.39 is 17.5 Å². The number of imide groups is 1. The molecule has 4 heterocycles. The first-order valence-electron chi connectivity index (χ1n) is 9.16. The van der Waals surface area contributed by atoms with Gasteiger partial charge in [-0.1, -0.05) is 6.07 Å². The van der Waals surface area contributed by atoms with E-state index >= 15 is 0 Å². The molecule has 0 radical (unpaired) electrons. The van der Waals surface area contributed by atoms with Crippen molar-refractivity contribution < 1.29 is 23.5 Å². The molecule has 10 nitrogen and oxygen atoms in total. The highest BCUT2D eigenvalue weighted by Crippen LogP contribution is 2.34. The summed E-state index contributed by atoms with van der Waals surface area (Å²) in [5, 5.41) is 4.87. The Morgan fingerprint density at radius 1 is 1.23 bits per heavy atom. The molecule has 3 aromatic rings. The van der Waals surface area contributed by atoms with Gasteiger partial charge in [0.25, 0.3) is 11.8 Å². The molecule has 0 aliphatic carbocycles. The number of carbonyl (C=O) groups is 3. The van der Waals surface area contributed by atoms with Crippen LogP contribution in [0.3, 0.4) is 0 Å². The molecule has 1 saturated heterocycles. The predicted octanol–water partition coefficient (Wildman–Crippen LogP) is 1.11. The van der Waals surface area contributed by atoms with Crippen molar-refractivity contribution in [1.29, 1.82) is 0 Å². The second-order valence-corrected chi connectivity index (χ2v) is 7.23. The van der Waals surface area contributed by atoms with Crippen LogP contribution in [0.2, 0.25) is 0 Å². The summed E-state index contributed by atoms with van der Waals surface area (Å²) in [6.45, 7) is 0.171. The molecule has 152 valence electrons. The molecule has 0 spiro atoms. The number of rotatable bonds is 4. The van der Waals surface area contributed by atoms with E-state index in [9.17, 15) is 14.4 Å². The minimum atomic E-state index is -1.59. The SMILES string of the molecule is COc1ccc2c(c1)C(=O)N(C[C@@]1(c3cc4nc(N)ccc4o3)NC(=O)NC1=O)C2. The van der Waals surface area contributed by atoms with Gasteiger partial charge in [-0.2, -0.15) is 0 Å². The summed E-state index contributed by atoms with van der Waals surface area (Å²) in [6, 6.07) is 9.32. The molecule has 30 heavy (non-hydrogen) atoms. The Labute approximate surface area is 170 Å². The molecule has 1 atom stereocenters. The Kier molecular flexibility index (Phi) is 3.72. The highest BCUT2D eigenvalue weighted by Gasteiger charge is 2.53. The van der Waals surface area contributed by atoms with Crippen LogP contribution in [0.1, 0.15) is 21.7 Å². The fourth-order valence-electron chi connectivity index (χ4n) is 3.89. The maximum absolute atomic E-state index is 13.0. The second kappa shape index (κ2) is 6.21. The van der Waals surface area contributed by atoms with E-state index in [1.165, 1.54) is 12.0 Å². The van der Waals surface area contributed by atoms with Gasteiger partial charge in [0, 0.05) is 18.2 Å². The lowest BCUT2D eigenvalue weighted by Crippen LogP contribution is -2.52. The number of nitrogens with one attached hydrogen (secondary N) is 2. The number of nitrogen functional groups attached to an aromatic ring is 1. The van der Waals surface area contributed by atoms with Crippen molar-refractivity contribution in [1.82, 2.24) is 20.5 Å². The Hall–Kier alpha value is -4.08. The summed E-state index contributed by atoms with van der Waals surface area (Å²) >= 11 is 0. The highest BCUT2D eigenvalue weighted by molar-refractivity contribution is 6.08. The van der Waals surface area contributed by atoms with Gasteiger partial charge in [-0.05, 0) is 29.8 Å². The number of methoxy groups -OCH3 is 1. The summed E-state index contributed by atoms with van der Waals surface area (Å²) in [7, 11) is 1.52. The molecule has 2 aliphatic rings. The second-order valence-electron chi connectivity index (χ2n) is 7.23. The van der Waals surface area contributed by atoms with Crippen molar-refractivity contribution in [2.45, 2.75) is 12.1 Å². The maximum Gasteiger partial charge on any atom is 0.322 e. The average Bonchev–Trinajstić information content (AvgIpc) is 3.36. The number of carbonyl (C=O) groups excluding carboxylic acids is 3. The summed E-state index contributed by atoms with van der Waals surface area (Å²) < 4.78 is 11.0. The maximum atomic E-state index is 13.0. The van der Waals surface area contributed by atoms with Crippen LogP contribution >= 0.6 is 0 Å². The third kappa shape index (κ3) is 2.57. The van der Waals surface area contributed by atoms with Gasteiger partial charge in [0.15, 0.2) is 11.1 Å². The average molecular weight is 407 g/mol. The zero-order chi connectivity index (χ0) is 21.0. The minimum absolute atomic E-state index is 0.115. The van der Waals surface area contributed by atoms with E-state index in [4.69, 9.17) is 14.9 Å². The number of nitrogens with two attached hydrogens (primary N) is 1. The van der Waals surface area contributed by atoms with Gasteiger partial charge in [0.05, 0.1) is 13.7 Å². The number of amides is 4. The first-order chi connectivity index (χ1) is 14.4. The summed E-state index contributed by atoms with van der Waals surface area (Å²) in [6.07, 6.45) is 0. The topological polar surface area (TPSA) is 140 Å². The van der Waals surface area contributed by atoms with Crippen molar-refractivity contribution in [3.8, 4) is 5.75 Å². The minimum Gasteiger partial charge on any atom is -0.497 e. The molecule has 2 aliphatic heterocycles. The largest absolute Gasteiger partial charge is 0.497 e. The van der Waals surface area contributed by atoms with Crippen LogP contribution in [0.5, 0.6) is 5.75 Å². The Bertz CT molecular complexity index is 1240. The van der Waals surface area contributed by atoms with Gasteiger partial charge in [-0.15, -0.1) is 0 Å². The molecule has 0 bridgehead atoms. The quantitative estimate of drug-likeness (QED) is 0.550. The number of fused-ring (bicyclic) bond motifs is 2. The molecular formula is C20H17N5O5. The molecular weight excluding hydrogens is 390 g/mol. The van der Waals surface area contributed by atoms with E-state index in [1.807, 2.05) is 0 Å². The fraction of sp³-hybridized carbons (Fsp3) is 0.200. The van der Waals surface area contributed by atoms with Crippen LogP contribution in [0.15, 0.2) is 40.8 Å². The number of urea groups is 1. The lowest BCUT2D eigenvalue weighted by molar-refractivity contribution is -0.125. The molecule has 1 fully saturated rings. The third-order valence-electron chi connectivity index (χ3n) is 5.38. The van der Waals surface area contributed by atoms with Crippen LogP contribution in [0, 0.1) is 0 Å². The number of ether oxygens (including phenoxy) is 1. The first kappa shape index (κ1) is 18.0. The summed E-state index contributed by atoms with van der Waals surface area (Å²) in [5.74, 6) is 0.145. The van der Waals surface area contributed by atoms with Crippen molar-refractivity contribution in [2.24, 2.45) is 0 Å². The number of hydrogen-bond acceptors (Lipinski definition) is 7. The molecule has 5 rings (SSSR count). The van der Waals surface area contributed by atoms with E-state index in [-0.39, 0.29) is 24.8 Å². The standard InChI is InChI=1S/C20H17N5O5/c1-29-11-3-2-10-8-25(17(26)12(10)6-11)9-20(18(27)23-19(28)24-20)15-7-13-14(30-15)4-5-16(21)22-13/h2-7H,8-9H2,1H3,(H2,21,22)(H2,23,24,27,28)/t20-/m0/s1. The van der Waals surface area contributed by atoms with Crippen LogP contribution in [-0.2, 0) is 16.9 Å². The van der Waals surface area contributed by atoms with Crippen molar-refractivity contribution in [3.05, 3.63) is 53.3 Å². The molecule has 4 amide bonds. The molecule has 0 saturated carbocycles. The van der Waals surface area contributed by atoms with Gasteiger partial charge < -0.3 is 25.1 Å². The first-order valence-corrected chi connectivity index (χ1v) is 9.16. The zero-order valence-corrected chi connectivity index (χ0v) is 15.9. The number of furan rings is 1. The Balaban J connectivity index is 1.55. The lowest BCUT2D eigenvalue weighted by atomic mass is 9.95. The summed E-state index contributed by atoms with van der Waals surface area (Å²) in [5.41, 5.74) is 6.29. The monoisotopic (exact) mass is 407 g/mol. The molecule has 4 N–H and O–H groups in total. The van der Waals surface area contributed by atoms with Crippen molar-refractivity contribution in [3.63, 3.8) is 0 Å². The molecule has 1 aromatic carbocycles. The molecule has 10 heteroatoms. The van der Waals surface area contributed by atoms with Crippen molar-refractivity contribution >= 4 is 34.8 Å². The number of nitrogens with zero attached hydrogens (tertiary/aromatic N) is 2. The Morgan fingerprint density at radius 3 is 2.80 bits per heavy atom. The smallest absolute Gasteiger partial charge is 0.322 e. The number of benzene rings is 1. The van der Waals surface area contributed by atoms with Gasteiger partial charge >= 0.3 is 6.03 Å². The van der Waals surface area contributed by atoms with Gasteiger partial charge in [0.2, 0.25) is 0 Å². The normalized spacial score (nSPS) is 20.4. The lowest BCUT2D eigenvalue weighted by Gasteiger charge is -2.28. The van der Waals surface area contributed by atoms with E-state index in [1.54, 1.807) is 36.4 Å². The van der Waals surface area contributed by atoms with E-state index in [0.29, 0.717) is 28.2 Å². The van der Waals surface area contributed by atoms with E-state index in [0.717, 1.165) is 5.56 Å².